The Balaban J connectivity index is 1.67. The number of aromatic nitrogens is 3. The molecule has 3 N–H and O–H groups in total. The van der Waals surface area contributed by atoms with E-state index in [1.54, 1.807) is 0 Å². The summed E-state index contributed by atoms with van der Waals surface area (Å²) < 4.78 is 85.1. The van der Waals surface area contributed by atoms with Gasteiger partial charge < -0.3 is 30.3 Å². The minimum atomic E-state index is -5.01. The van der Waals surface area contributed by atoms with E-state index in [-0.39, 0.29) is 28.8 Å². The molecule has 1 aromatic carbocycles. The number of hydrogen-bond donors (Lipinski definition) is 2. The van der Waals surface area contributed by atoms with Gasteiger partial charge in [0.25, 0.3) is 0 Å². The number of nitrogens with zero attached hydrogens (tertiary/aromatic N) is 5. The standard InChI is InChI=1S/C25H26F5N7O2/c1-11-17(25(28,29)30)13(9-14(31)18(11)26)20-19(27)21-16-22(35-24(34-21)36-5-7-38-8-6-36)37-4-3-32-10-15(37)12(2)39-23(16)33-20/h9,12,15,32H,3-8,10,31H2,1-2H3/t12-,15-/m0/s1. The first-order chi connectivity index (χ1) is 18.6. The van der Waals surface area contributed by atoms with Gasteiger partial charge in [0.1, 0.15) is 34.3 Å². The largest absolute Gasteiger partial charge is 0.472 e. The van der Waals surface area contributed by atoms with E-state index in [2.05, 4.69) is 15.3 Å². The van der Waals surface area contributed by atoms with Crippen LogP contribution in [0.5, 0.6) is 5.88 Å². The normalized spacial score (nSPS) is 21.5. The van der Waals surface area contributed by atoms with Gasteiger partial charge in [-0.1, -0.05) is 0 Å². The van der Waals surface area contributed by atoms with Crippen molar-refractivity contribution in [2.75, 3.05) is 61.5 Å². The number of nitrogen functional groups attached to an aromatic ring is 1. The van der Waals surface area contributed by atoms with Crippen LogP contribution >= 0.6 is 0 Å². The fourth-order valence-corrected chi connectivity index (χ4v) is 5.52. The minimum absolute atomic E-state index is 0.0968. The molecule has 0 saturated carbocycles. The smallest absolute Gasteiger partial charge is 0.417 e. The van der Waals surface area contributed by atoms with Crippen LogP contribution in [0.4, 0.5) is 39.4 Å². The maximum atomic E-state index is 16.4. The molecule has 2 atom stereocenters. The predicted molar refractivity (Wildman–Crippen MR) is 134 cm³/mol. The number of benzene rings is 1. The van der Waals surface area contributed by atoms with Crippen LogP contribution in [0.3, 0.4) is 0 Å². The molecule has 39 heavy (non-hydrogen) atoms. The van der Waals surface area contributed by atoms with Gasteiger partial charge in [0.15, 0.2) is 5.82 Å². The van der Waals surface area contributed by atoms with E-state index in [1.807, 2.05) is 16.7 Å². The Bertz CT molecular complexity index is 1460. The van der Waals surface area contributed by atoms with Crippen molar-refractivity contribution >= 4 is 28.4 Å². The summed E-state index contributed by atoms with van der Waals surface area (Å²) in [5.74, 6) is -1.80. The first kappa shape index (κ1) is 25.7. The number of anilines is 3. The Morgan fingerprint density at radius 3 is 2.54 bits per heavy atom. The lowest BCUT2D eigenvalue weighted by Gasteiger charge is -2.38. The zero-order valence-electron chi connectivity index (χ0n) is 21.2. The first-order valence-corrected chi connectivity index (χ1v) is 12.6. The maximum Gasteiger partial charge on any atom is 0.417 e. The monoisotopic (exact) mass is 551 g/mol. The molecule has 3 aliphatic heterocycles. The molecule has 0 spiro atoms. The number of ether oxygens (including phenoxy) is 2. The Kier molecular flexibility index (Phi) is 6.14. The van der Waals surface area contributed by atoms with Crippen molar-refractivity contribution in [1.82, 2.24) is 20.3 Å². The van der Waals surface area contributed by atoms with Crippen LogP contribution in [0.15, 0.2) is 6.07 Å². The summed E-state index contributed by atoms with van der Waals surface area (Å²) in [5.41, 5.74) is 1.43. The third-order valence-electron chi connectivity index (χ3n) is 7.48. The predicted octanol–water partition coefficient (Wildman–Crippen LogP) is 3.28. The van der Waals surface area contributed by atoms with Crippen molar-refractivity contribution in [3.8, 4) is 17.1 Å². The average molecular weight is 552 g/mol. The topological polar surface area (TPSA) is 102 Å². The molecule has 2 saturated heterocycles. The van der Waals surface area contributed by atoms with E-state index in [1.165, 1.54) is 0 Å². The van der Waals surface area contributed by atoms with Crippen molar-refractivity contribution in [3.63, 3.8) is 0 Å². The highest BCUT2D eigenvalue weighted by Crippen LogP contribution is 2.46. The van der Waals surface area contributed by atoms with Crippen LogP contribution in [-0.2, 0) is 10.9 Å². The zero-order valence-corrected chi connectivity index (χ0v) is 21.2. The Hall–Kier alpha value is -3.52. The molecular formula is C25H26F5N7O2. The maximum absolute atomic E-state index is 16.4. The quantitative estimate of drug-likeness (QED) is 0.367. The lowest BCUT2D eigenvalue weighted by atomic mass is 9.96. The summed E-state index contributed by atoms with van der Waals surface area (Å²) in [6, 6.07) is 0.553. The average Bonchev–Trinajstić information content (AvgIpc) is 3.03. The van der Waals surface area contributed by atoms with E-state index >= 15 is 4.39 Å². The number of pyridine rings is 1. The van der Waals surface area contributed by atoms with Crippen LogP contribution in [0.25, 0.3) is 22.2 Å². The fourth-order valence-electron chi connectivity index (χ4n) is 5.52. The van der Waals surface area contributed by atoms with Crippen LogP contribution in [-0.4, -0.2) is 73.0 Å². The summed E-state index contributed by atoms with van der Waals surface area (Å²) in [6.07, 6.45) is -5.49. The summed E-state index contributed by atoms with van der Waals surface area (Å²) in [7, 11) is 0. The molecule has 0 radical (unpaired) electrons. The highest BCUT2D eigenvalue weighted by Gasteiger charge is 2.41. The van der Waals surface area contributed by atoms with Crippen LogP contribution < -0.4 is 25.6 Å². The molecular weight excluding hydrogens is 525 g/mol. The molecule has 0 amide bonds. The van der Waals surface area contributed by atoms with Crippen molar-refractivity contribution < 1.29 is 31.4 Å². The van der Waals surface area contributed by atoms with E-state index in [0.29, 0.717) is 51.8 Å². The minimum Gasteiger partial charge on any atom is -0.472 e. The second kappa shape index (κ2) is 9.30. The lowest BCUT2D eigenvalue weighted by molar-refractivity contribution is -0.137. The molecule has 0 unspecified atom stereocenters. The van der Waals surface area contributed by atoms with Gasteiger partial charge in [-0.25, -0.2) is 18.7 Å². The molecule has 2 fully saturated rings. The molecule has 3 aromatic rings. The number of nitrogens with one attached hydrogen (secondary N) is 1. The van der Waals surface area contributed by atoms with Gasteiger partial charge in [-0.15, -0.1) is 0 Å². The van der Waals surface area contributed by atoms with Gasteiger partial charge in [0.2, 0.25) is 11.8 Å². The Labute approximate surface area is 220 Å². The van der Waals surface area contributed by atoms with E-state index in [4.69, 9.17) is 20.2 Å². The van der Waals surface area contributed by atoms with Crippen molar-refractivity contribution in [1.29, 1.82) is 0 Å². The van der Waals surface area contributed by atoms with E-state index in [0.717, 1.165) is 13.0 Å². The number of hydrogen-bond acceptors (Lipinski definition) is 9. The molecule has 2 aromatic heterocycles. The summed E-state index contributed by atoms with van der Waals surface area (Å²) >= 11 is 0. The third kappa shape index (κ3) is 4.16. The second-order valence-corrected chi connectivity index (χ2v) is 9.86. The molecule has 14 heteroatoms. The highest BCUT2D eigenvalue weighted by molar-refractivity contribution is 5.98. The number of morpholine rings is 1. The summed E-state index contributed by atoms with van der Waals surface area (Å²) in [5, 5.41) is 3.48. The van der Waals surface area contributed by atoms with Crippen molar-refractivity contribution in [2.45, 2.75) is 32.2 Å². The molecule has 3 aliphatic rings. The second-order valence-electron chi connectivity index (χ2n) is 9.86. The van der Waals surface area contributed by atoms with Gasteiger partial charge in [0.05, 0.1) is 30.5 Å². The number of rotatable bonds is 2. The molecule has 9 nitrogen and oxygen atoms in total. The highest BCUT2D eigenvalue weighted by atomic mass is 19.4. The number of fused-ring (bicyclic) bond motifs is 2. The van der Waals surface area contributed by atoms with Crippen LogP contribution in [0, 0.1) is 18.6 Å². The summed E-state index contributed by atoms with van der Waals surface area (Å²) in [4.78, 5) is 17.4. The first-order valence-electron chi connectivity index (χ1n) is 12.6. The number of piperazine rings is 1. The molecule has 0 aliphatic carbocycles. The van der Waals surface area contributed by atoms with E-state index < -0.39 is 52.0 Å². The molecule has 208 valence electrons. The van der Waals surface area contributed by atoms with Gasteiger partial charge in [-0.05, 0) is 25.5 Å². The number of alkyl halides is 3. The molecule has 5 heterocycles. The molecule has 6 rings (SSSR count). The van der Waals surface area contributed by atoms with E-state index in [9.17, 15) is 17.6 Å². The van der Waals surface area contributed by atoms with Gasteiger partial charge in [0, 0.05) is 38.3 Å². The molecule has 0 bridgehead atoms. The number of halogens is 5. The summed E-state index contributed by atoms with van der Waals surface area (Å²) in [6.45, 7) is 6.26. The zero-order chi connectivity index (χ0) is 27.6. The Morgan fingerprint density at radius 2 is 1.82 bits per heavy atom. The fraction of sp³-hybridized carbons (Fsp3) is 0.480. The third-order valence-corrected chi connectivity index (χ3v) is 7.48. The van der Waals surface area contributed by atoms with Gasteiger partial charge >= 0.3 is 6.18 Å². The SMILES string of the molecule is Cc1c(F)c(N)cc(-c2nc3c4c(nc(N5CCOCC5)nc4c2F)N2CCNC[C@H]2[C@H](C)O3)c1C(F)(F)F. The van der Waals surface area contributed by atoms with Crippen LogP contribution in [0.1, 0.15) is 18.1 Å². The van der Waals surface area contributed by atoms with Crippen molar-refractivity contribution in [2.24, 2.45) is 0 Å². The lowest BCUT2D eigenvalue weighted by Crippen LogP contribution is -2.57. The van der Waals surface area contributed by atoms with Gasteiger partial charge in [-0.3, -0.25) is 0 Å². The van der Waals surface area contributed by atoms with Crippen molar-refractivity contribution in [3.05, 3.63) is 28.8 Å². The van der Waals surface area contributed by atoms with Gasteiger partial charge in [-0.2, -0.15) is 18.2 Å². The van der Waals surface area contributed by atoms with Crippen LogP contribution in [0.2, 0.25) is 0 Å². The Morgan fingerprint density at radius 1 is 1.08 bits per heavy atom. The number of nitrogens with two attached hydrogens (primary N) is 1.